The van der Waals surface area contributed by atoms with E-state index in [1.165, 1.54) is 11.1 Å². The van der Waals surface area contributed by atoms with E-state index >= 15 is 0 Å². The topological polar surface area (TPSA) is 21.3 Å². The van der Waals surface area contributed by atoms with E-state index in [4.69, 9.17) is 4.74 Å². The summed E-state index contributed by atoms with van der Waals surface area (Å²) in [5.74, 6) is 0.931. The van der Waals surface area contributed by atoms with Crippen LogP contribution >= 0.6 is 15.9 Å². The Morgan fingerprint density at radius 3 is 2.42 bits per heavy atom. The van der Waals surface area contributed by atoms with E-state index in [-0.39, 0.29) is 0 Å². The van der Waals surface area contributed by atoms with Gasteiger partial charge in [-0.3, -0.25) is 0 Å². The quantitative estimate of drug-likeness (QED) is 0.816. The lowest BCUT2D eigenvalue weighted by atomic mass is 10.1. The lowest BCUT2D eigenvalue weighted by Gasteiger charge is -2.10. The third-order valence-corrected chi connectivity index (χ3v) is 3.55. The Hall–Kier alpha value is -1.48. The van der Waals surface area contributed by atoms with E-state index in [2.05, 4.69) is 47.2 Å². The second-order valence-corrected chi connectivity index (χ2v) is 5.44. The standard InChI is InChI=1S/C16H18BrNO/c1-12-3-8-16(11-13(12)2)19-10-9-18-15-6-4-14(17)5-7-15/h3-8,11,18H,9-10H2,1-2H3. The van der Waals surface area contributed by atoms with Crippen molar-refractivity contribution >= 4 is 21.6 Å². The van der Waals surface area contributed by atoms with Gasteiger partial charge in [0, 0.05) is 16.7 Å². The third kappa shape index (κ3) is 4.28. The van der Waals surface area contributed by atoms with Crippen molar-refractivity contribution in [1.29, 1.82) is 0 Å². The van der Waals surface area contributed by atoms with E-state index in [1.807, 2.05) is 30.3 Å². The molecule has 0 aromatic heterocycles. The molecule has 2 rings (SSSR count). The summed E-state index contributed by atoms with van der Waals surface area (Å²) in [6, 6.07) is 14.3. The molecule has 0 spiro atoms. The van der Waals surface area contributed by atoms with Gasteiger partial charge in [0.15, 0.2) is 0 Å². The smallest absolute Gasteiger partial charge is 0.119 e. The first-order valence-corrected chi connectivity index (χ1v) is 7.14. The fourth-order valence-electron chi connectivity index (χ4n) is 1.74. The summed E-state index contributed by atoms with van der Waals surface area (Å²) in [7, 11) is 0. The number of aryl methyl sites for hydroxylation is 2. The number of hydrogen-bond donors (Lipinski definition) is 1. The predicted octanol–water partition coefficient (Wildman–Crippen LogP) is 4.56. The maximum atomic E-state index is 5.72. The van der Waals surface area contributed by atoms with Gasteiger partial charge >= 0.3 is 0 Å². The van der Waals surface area contributed by atoms with Gasteiger partial charge < -0.3 is 10.1 Å². The molecule has 0 amide bonds. The fraction of sp³-hybridized carbons (Fsp3) is 0.250. The lowest BCUT2D eigenvalue weighted by molar-refractivity contribution is 0.332. The highest BCUT2D eigenvalue weighted by atomic mass is 79.9. The van der Waals surface area contributed by atoms with Crippen LogP contribution in [0.5, 0.6) is 5.75 Å². The normalized spacial score (nSPS) is 10.3. The van der Waals surface area contributed by atoms with Crippen LogP contribution in [-0.4, -0.2) is 13.2 Å². The van der Waals surface area contributed by atoms with Crippen LogP contribution in [0.25, 0.3) is 0 Å². The maximum absolute atomic E-state index is 5.72. The van der Waals surface area contributed by atoms with E-state index in [1.54, 1.807) is 0 Å². The van der Waals surface area contributed by atoms with Crippen LogP contribution in [0.1, 0.15) is 11.1 Å². The van der Waals surface area contributed by atoms with Gasteiger partial charge in [-0.05, 0) is 61.4 Å². The monoisotopic (exact) mass is 319 g/mol. The number of ether oxygens (including phenoxy) is 1. The highest BCUT2D eigenvalue weighted by molar-refractivity contribution is 9.10. The van der Waals surface area contributed by atoms with Crippen LogP contribution in [0.2, 0.25) is 0 Å². The molecule has 0 aliphatic heterocycles. The summed E-state index contributed by atoms with van der Waals surface area (Å²) < 4.78 is 6.80. The van der Waals surface area contributed by atoms with Gasteiger partial charge in [0.2, 0.25) is 0 Å². The third-order valence-electron chi connectivity index (χ3n) is 3.02. The van der Waals surface area contributed by atoms with Crippen molar-refractivity contribution in [2.45, 2.75) is 13.8 Å². The first-order valence-electron chi connectivity index (χ1n) is 6.34. The lowest BCUT2D eigenvalue weighted by Crippen LogP contribution is -2.11. The van der Waals surface area contributed by atoms with E-state index in [9.17, 15) is 0 Å². The first kappa shape index (κ1) is 13.9. The molecule has 100 valence electrons. The van der Waals surface area contributed by atoms with E-state index in [0.29, 0.717) is 6.61 Å². The molecular formula is C16H18BrNO. The molecular weight excluding hydrogens is 302 g/mol. The molecule has 0 bridgehead atoms. The Morgan fingerprint density at radius 1 is 1.00 bits per heavy atom. The number of nitrogens with one attached hydrogen (secondary N) is 1. The van der Waals surface area contributed by atoms with Gasteiger partial charge in [-0.25, -0.2) is 0 Å². The predicted molar refractivity (Wildman–Crippen MR) is 84.0 cm³/mol. The Labute approximate surface area is 122 Å². The van der Waals surface area contributed by atoms with Crippen molar-refractivity contribution in [3.05, 3.63) is 58.1 Å². The average molecular weight is 320 g/mol. The molecule has 0 saturated carbocycles. The summed E-state index contributed by atoms with van der Waals surface area (Å²) >= 11 is 3.42. The second-order valence-electron chi connectivity index (χ2n) is 4.53. The first-order chi connectivity index (χ1) is 9.15. The van der Waals surface area contributed by atoms with E-state index < -0.39 is 0 Å². The van der Waals surface area contributed by atoms with Gasteiger partial charge in [0.1, 0.15) is 12.4 Å². The SMILES string of the molecule is Cc1ccc(OCCNc2ccc(Br)cc2)cc1C. The van der Waals surface area contributed by atoms with Crippen LogP contribution < -0.4 is 10.1 Å². The molecule has 1 N–H and O–H groups in total. The van der Waals surface area contributed by atoms with Crippen LogP contribution in [0.4, 0.5) is 5.69 Å². The molecule has 3 heteroatoms. The van der Waals surface area contributed by atoms with Gasteiger partial charge in [0.25, 0.3) is 0 Å². The molecule has 2 aromatic rings. The highest BCUT2D eigenvalue weighted by Crippen LogP contribution is 2.16. The minimum Gasteiger partial charge on any atom is -0.492 e. The summed E-state index contributed by atoms with van der Waals surface area (Å²) in [5, 5.41) is 3.32. The Kier molecular flexibility index (Phi) is 4.86. The Bertz CT molecular complexity index is 537. The van der Waals surface area contributed by atoms with Crippen LogP contribution in [0.3, 0.4) is 0 Å². The van der Waals surface area contributed by atoms with Crippen molar-refractivity contribution in [3.63, 3.8) is 0 Å². The molecule has 0 aliphatic rings. The van der Waals surface area contributed by atoms with Gasteiger partial charge in [-0.1, -0.05) is 22.0 Å². The zero-order valence-electron chi connectivity index (χ0n) is 11.2. The van der Waals surface area contributed by atoms with Gasteiger partial charge in [-0.2, -0.15) is 0 Å². The van der Waals surface area contributed by atoms with Crippen LogP contribution in [-0.2, 0) is 0 Å². The zero-order chi connectivity index (χ0) is 13.7. The van der Waals surface area contributed by atoms with Gasteiger partial charge in [0.05, 0.1) is 0 Å². The van der Waals surface area contributed by atoms with Crippen molar-refractivity contribution < 1.29 is 4.74 Å². The molecule has 0 radical (unpaired) electrons. The number of halogens is 1. The number of benzene rings is 2. The molecule has 0 heterocycles. The molecule has 0 saturated heterocycles. The number of hydrogen-bond acceptors (Lipinski definition) is 2. The molecule has 0 atom stereocenters. The summed E-state index contributed by atoms with van der Waals surface area (Å²) in [6.07, 6.45) is 0. The fourth-order valence-corrected chi connectivity index (χ4v) is 2.00. The zero-order valence-corrected chi connectivity index (χ0v) is 12.8. The highest BCUT2D eigenvalue weighted by Gasteiger charge is 1.97. The van der Waals surface area contributed by atoms with Crippen molar-refractivity contribution in [2.24, 2.45) is 0 Å². The molecule has 0 unspecified atom stereocenters. The van der Waals surface area contributed by atoms with Crippen molar-refractivity contribution in [2.75, 3.05) is 18.5 Å². The minimum atomic E-state index is 0.651. The average Bonchev–Trinajstić information content (AvgIpc) is 2.41. The summed E-state index contributed by atoms with van der Waals surface area (Å²) in [5.41, 5.74) is 3.66. The summed E-state index contributed by atoms with van der Waals surface area (Å²) in [6.45, 7) is 5.64. The Morgan fingerprint density at radius 2 is 1.74 bits per heavy atom. The second kappa shape index (κ2) is 6.62. The molecule has 0 fully saturated rings. The van der Waals surface area contributed by atoms with E-state index in [0.717, 1.165) is 22.5 Å². The number of rotatable bonds is 5. The van der Waals surface area contributed by atoms with Crippen molar-refractivity contribution in [3.8, 4) is 5.75 Å². The van der Waals surface area contributed by atoms with Gasteiger partial charge in [-0.15, -0.1) is 0 Å². The Balaban J connectivity index is 1.77. The largest absolute Gasteiger partial charge is 0.492 e. The molecule has 2 aromatic carbocycles. The summed E-state index contributed by atoms with van der Waals surface area (Å²) in [4.78, 5) is 0. The molecule has 19 heavy (non-hydrogen) atoms. The molecule has 2 nitrogen and oxygen atoms in total. The van der Waals surface area contributed by atoms with Crippen molar-refractivity contribution in [1.82, 2.24) is 0 Å². The number of anilines is 1. The minimum absolute atomic E-state index is 0.651. The van der Waals surface area contributed by atoms with Crippen LogP contribution in [0, 0.1) is 13.8 Å². The van der Waals surface area contributed by atoms with Crippen LogP contribution in [0.15, 0.2) is 46.9 Å². The molecule has 0 aliphatic carbocycles. The maximum Gasteiger partial charge on any atom is 0.119 e.